The van der Waals surface area contributed by atoms with E-state index in [1.54, 1.807) is 18.2 Å². The first-order chi connectivity index (χ1) is 12.4. The van der Waals surface area contributed by atoms with Crippen LogP contribution in [0.15, 0.2) is 18.2 Å². The fraction of sp³-hybridized carbons (Fsp3) is 0.526. The highest BCUT2D eigenvalue weighted by atomic mass is 35.5. The van der Waals surface area contributed by atoms with Crippen LogP contribution in [-0.2, 0) is 4.79 Å². The first kappa shape index (κ1) is 24.4. The van der Waals surface area contributed by atoms with E-state index in [9.17, 15) is 14.4 Å². The summed E-state index contributed by atoms with van der Waals surface area (Å²) in [7, 11) is 1.46. The fourth-order valence-electron chi connectivity index (χ4n) is 3.99. The highest BCUT2D eigenvalue weighted by Crippen LogP contribution is 2.26. The molecule has 2 unspecified atom stereocenters. The van der Waals surface area contributed by atoms with Crippen molar-refractivity contribution in [3.8, 4) is 0 Å². The number of anilines is 1. The maximum absolute atomic E-state index is 12.5. The Kier molecular flexibility index (Phi) is 8.88. The summed E-state index contributed by atoms with van der Waals surface area (Å²) >= 11 is 0. The molecule has 9 heteroatoms. The molecule has 0 spiro atoms. The Morgan fingerprint density at radius 2 is 1.89 bits per heavy atom. The number of nitrogens with zero attached hydrogens (tertiary/aromatic N) is 2. The lowest BCUT2D eigenvalue weighted by Gasteiger charge is -2.39. The third kappa shape index (κ3) is 4.84. The van der Waals surface area contributed by atoms with E-state index in [0.29, 0.717) is 41.9 Å². The SMILES string of the molecule is CC1CCCN(CC(=O)Nc2ccc3c(c2)C(=O)N(C)C3=O)C1CCN.Cl.Cl. The van der Waals surface area contributed by atoms with Gasteiger partial charge in [0, 0.05) is 18.8 Å². The van der Waals surface area contributed by atoms with Gasteiger partial charge >= 0.3 is 0 Å². The second-order valence-corrected chi connectivity index (χ2v) is 7.21. The van der Waals surface area contributed by atoms with E-state index in [2.05, 4.69) is 17.1 Å². The van der Waals surface area contributed by atoms with Crippen molar-refractivity contribution in [3.05, 3.63) is 29.3 Å². The van der Waals surface area contributed by atoms with E-state index in [-0.39, 0.29) is 42.5 Å². The maximum atomic E-state index is 12.5. The van der Waals surface area contributed by atoms with Crippen molar-refractivity contribution in [2.75, 3.05) is 32.0 Å². The Bertz CT molecular complexity index is 744. The lowest BCUT2D eigenvalue weighted by atomic mass is 9.88. The van der Waals surface area contributed by atoms with E-state index >= 15 is 0 Å². The number of rotatable bonds is 5. The predicted molar refractivity (Wildman–Crippen MR) is 113 cm³/mol. The fourth-order valence-corrected chi connectivity index (χ4v) is 3.99. The van der Waals surface area contributed by atoms with Crippen LogP contribution in [0.2, 0.25) is 0 Å². The number of amides is 3. The second-order valence-electron chi connectivity index (χ2n) is 7.21. The van der Waals surface area contributed by atoms with Crippen LogP contribution in [0, 0.1) is 5.92 Å². The number of imide groups is 1. The first-order valence-electron chi connectivity index (χ1n) is 9.12. The van der Waals surface area contributed by atoms with Gasteiger partial charge in [-0.1, -0.05) is 6.92 Å². The van der Waals surface area contributed by atoms with Gasteiger partial charge in [0.1, 0.15) is 0 Å². The molecular formula is C19H28Cl2N4O3. The summed E-state index contributed by atoms with van der Waals surface area (Å²) in [6.45, 7) is 4.02. The van der Waals surface area contributed by atoms with Crippen LogP contribution >= 0.6 is 24.8 Å². The van der Waals surface area contributed by atoms with Gasteiger partial charge in [-0.05, 0) is 56.5 Å². The van der Waals surface area contributed by atoms with Crippen molar-refractivity contribution >= 4 is 48.2 Å². The number of benzene rings is 1. The molecule has 0 aliphatic carbocycles. The number of halogens is 2. The van der Waals surface area contributed by atoms with Crippen LogP contribution in [0.4, 0.5) is 5.69 Å². The molecule has 2 aliphatic rings. The average Bonchev–Trinajstić information content (AvgIpc) is 2.82. The molecule has 0 aromatic heterocycles. The first-order valence-corrected chi connectivity index (χ1v) is 9.12. The third-order valence-electron chi connectivity index (χ3n) is 5.41. The molecule has 2 heterocycles. The molecule has 156 valence electrons. The molecular weight excluding hydrogens is 403 g/mol. The highest BCUT2D eigenvalue weighted by Gasteiger charge is 2.33. The minimum Gasteiger partial charge on any atom is -0.330 e. The molecule has 0 radical (unpaired) electrons. The summed E-state index contributed by atoms with van der Waals surface area (Å²) in [6.07, 6.45) is 3.13. The van der Waals surface area contributed by atoms with Crippen molar-refractivity contribution in [1.29, 1.82) is 0 Å². The molecule has 3 amide bonds. The molecule has 0 saturated carbocycles. The number of carbonyl (C=O) groups excluding carboxylic acids is 3. The zero-order valence-electron chi connectivity index (χ0n) is 16.1. The van der Waals surface area contributed by atoms with Gasteiger partial charge in [-0.2, -0.15) is 0 Å². The summed E-state index contributed by atoms with van der Waals surface area (Å²) in [4.78, 5) is 39.8. The normalized spacial score (nSPS) is 21.6. The van der Waals surface area contributed by atoms with Gasteiger partial charge in [-0.3, -0.25) is 24.2 Å². The molecule has 1 aromatic rings. The van der Waals surface area contributed by atoms with Crippen LogP contribution in [0.25, 0.3) is 0 Å². The molecule has 2 aliphatic heterocycles. The quantitative estimate of drug-likeness (QED) is 0.697. The molecule has 0 bridgehead atoms. The second kappa shape index (κ2) is 10.2. The van der Waals surface area contributed by atoms with Crippen LogP contribution in [0.5, 0.6) is 0 Å². The molecule has 3 rings (SSSR count). The Morgan fingerprint density at radius 1 is 1.21 bits per heavy atom. The zero-order chi connectivity index (χ0) is 18.8. The summed E-state index contributed by atoms with van der Waals surface area (Å²) < 4.78 is 0. The van der Waals surface area contributed by atoms with Crippen molar-refractivity contribution in [2.45, 2.75) is 32.2 Å². The van der Waals surface area contributed by atoms with E-state index in [4.69, 9.17) is 5.73 Å². The molecule has 1 aromatic carbocycles. The number of nitrogens with two attached hydrogens (primary N) is 1. The molecule has 3 N–H and O–H groups in total. The van der Waals surface area contributed by atoms with Gasteiger partial charge in [0.25, 0.3) is 11.8 Å². The lowest BCUT2D eigenvalue weighted by Crippen LogP contribution is -2.48. The third-order valence-corrected chi connectivity index (χ3v) is 5.41. The smallest absolute Gasteiger partial charge is 0.261 e. The van der Waals surface area contributed by atoms with Crippen LogP contribution < -0.4 is 11.1 Å². The largest absolute Gasteiger partial charge is 0.330 e. The van der Waals surface area contributed by atoms with Gasteiger partial charge < -0.3 is 11.1 Å². The number of piperidine rings is 1. The minimum absolute atomic E-state index is 0. The number of nitrogens with one attached hydrogen (secondary N) is 1. The summed E-state index contributed by atoms with van der Waals surface area (Å²) in [5.74, 6) is -0.241. The number of carbonyl (C=O) groups is 3. The van der Waals surface area contributed by atoms with Gasteiger partial charge in [0.2, 0.25) is 5.91 Å². The molecule has 2 atom stereocenters. The minimum atomic E-state index is -0.339. The molecule has 28 heavy (non-hydrogen) atoms. The number of fused-ring (bicyclic) bond motifs is 1. The number of hydrogen-bond acceptors (Lipinski definition) is 5. The number of hydrogen-bond donors (Lipinski definition) is 2. The van der Waals surface area contributed by atoms with E-state index in [1.807, 2.05) is 0 Å². The zero-order valence-corrected chi connectivity index (χ0v) is 17.8. The van der Waals surface area contributed by atoms with E-state index < -0.39 is 0 Å². The van der Waals surface area contributed by atoms with Gasteiger partial charge in [-0.25, -0.2) is 0 Å². The number of likely N-dealkylation sites (tertiary alicyclic amines) is 1. The molecule has 7 nitrogen and oxygen atoms in total. The van der Waals surface area contributed by atoms with Crippen molar-refractivity contribution in [1.82, 2.24) is 9.80 Å². The lowest BCUT2D eigenvalue weighted by molar-refractivity contribution is -0.118. The summed E-state index contributed by atoms with van der Waals surface area (Å²) in [5, 5.41) is 2.85. The van der Waals surface area contributed by atoms with Gasteiger partial charge in [-0.15, -0.1) is 24.8 Å². The molecule has 1 fully saturated rings. The summed E-state index contributed by atoms with van der Waals surface area (Å²) in [5.41, 5.74) is 6.98. The predicted octanol–water partition coefficient (Wildman–Crippen LogP) is 2.14. The van der Waals surface area contributed by atoms with Crippen LogP contribution in [0.3, 0.4) is 0 Å². The van der Waals surface area contributed by atoms with Crippen molar-refractivity contribution in [3.63, 3.8) is 0 Å². The highest BCUT2D eigenvalue weighted by molar-refractivity contribution is 6.21. The van der Waals surface area contributed by atoms with E-state index in [0.717, 1.165) is 30.7 Å². The van der Waals surface area contributed by atoms with Crippen molar-refractivity contribution < 1.29 is 14.4 Å². The molecule has 1 saturated heterocycles. The average molecular weight is 431 g/mol. The van der Waals surface area contributed by atoms with E-state index in [1.165, 1.54) is 7.05 Å². The monoisotopic (exact) mass is 430 g/mol. The van der Waals surface area contributed by atoms with Gasteiger partial charge in [0.15, 0.2) is 0 Å². The Hall–Kier alpha value is -1.67. The maximum Gasteiger partial charge on any atom is 0.261 e. The Labute approximate surface area is 177 Å². The van der Waals surface area contributed by atoms with Crippen LogP contribution in [-0.4, -0.2) is 60.2 Å². The topological polar surface area (TPSA) is 95.7 Å². The Balaban J connectivity index is 0.00000196. The Morgan fingerprint density at radius 3 is 2.57 bits per heavy atom. The standard InChI is InChI=1S/C19H26N4O3.2ClH/c1-12-4-3-9-23(16(12)7-8-20)11-17(24)21-13-5-6-14-15(10-13)19(26)22(2)18(14)25;;/h5-6,10,12,16H,3-4,7-9,11,20H2,1-2H3,(H,21,24);2*1H. The van der Waals surface area contributed by atoms with Crippen LogP contribution in [0.1, 0.15) is 46.9 Å². The van der Waals surface area contributed by atoms with Gasteiger partial charge in [0.05, 0.1) is 17.7 Å². The summed E-state index contributed by atoms with van der Waals surface area (Å²) in [6, 6.07) is 5.16. The van der Waals surface area contributed by atoms with Crippen molar-refractivity contribution in [2.24, 2.45) is 11.7 Å².